The van der Waals surface area contributed by atoms with Crippen LogP contribution in [0, 0.1) is 5.82 Å². The van der Waals surface area contributed by atoms with Crippen molar-refractivity contribution >= 4 is 28.4 Å². The van der Waals surface area contributed by atoms with Crippen LogP contribution < -0.4 is 5.32 Å². The molecule has 0 radical (unpaired) electrons. The molecule has 24 heavy (non-hydrogen) atoms. The van der Waals surface area contributed by atoms with Crippen molar-refractivity contribution < 1.29 is 9.18 Å². The molecule has 0 spiro atoms. The quantitative estimate of drug-likeness (QED) is 0.763. The van der Waals surface area contributed by atoms with Gasteiger partial charge in [0.15, 0.2) is 0 Å². The number of nitrogens with one attached hydrogen (secondary N) is 1. The number of rotatable bonds is 5. The monoisotopic (exact) mass is 342 g/mol. The van der Waals surface area contributed by atoms with Gasteiger partial charge in [-0.25, -0.2) is 4.39 Å². The third kappa shape index (κ3) is 3.71. The molecule has 1 amide bonds. The minimum Gasteiger partial charge on any atom is -0.355 e. The number of para-hydroxylation sites is 1. The number of fused-ring (bicyclic) bond motifs is 1. The standard InChI is InChI=1S/C19H16ClFN2O/c20-16-7-2-8-17(21)15(16)12-18(24)22-11-9-14-5-1-4-13-6-3-10-23-19(13)14/h1-8,10H,9,11-12H2,(H,22,24). The van der Waals surface area contributed by atoms with Gasteiger partial charge in [0.2, 0.25) is 5.91 Å². The van der Waals surface area contributed by atoms with Gasteiger partial charge in [-0.05, 0) is 30.2 Å². The summed E-state index contributed by atoms with van der Waals surface area (Å²) in [6.45, 7) is 0.459. The number of carbonyl (C=O) groups excluding carboxylic acids is 1. The Hall–Kier alpha value is -2.46. The summed E-state index contributed by atoms with van der Waals surface area (Å²) < 4.78 is 13.7. The van der Waals surface area contributed by atoms with Crippen LogP contribution >= 0.6 is 11.6 Å². The van der Waals surface area contributed by atoms with Crippen LogP contribution in [0.25, 0.3) is 10.9 Å². The molecule has 5 heteroatoms. The normalized spacial score (nSPS) is 10.8. The molecular weight excluding hydrogens is 327 g/mol. The topological polar surface area (TPSA) is 42.0 Å². The van der Waals surface area contributed by atoms with Crippen molar-refractivity contribution in [1.29, 1.82) is 0 Å². The molecule has 0 unspecified atom stereocenters. The predicted molar refractivity (Wildman–Crippen MR) is 93.6 cm³/mol. The van der Waals surface area contributed by atoms with Crippen molar-refractivity contribution in [2.45, 2.75) is 12.8 Å². The Balaban J connectivity index is 1.61. The number of aromatic nitrogens is 1. The van der Waals surface area contributed by atoms with Gasteiger partial charge < -0.3 is 5.32 Å². The number of carbonyl (C=O) groups is 1. The van der Waals surface area contributed by atoms with Crippen LogP contribution in [0.15, 0.2) is 54.7 Å². The van der Waals surface area contributed by atoms with E-state index in [9.17, 15) is 9.18 Å². The maximum absolute atomic E-state index is 13.7. The van der Waals surface area contributed by atoms with Crippen LogP contribution in [0.4, 0.5) is 4.39 Å². The molecule has 3 aromatic rings. The van der Waals surface area contributed by atoms with Gasteiger partial charge in [-0.3, -0.25) is 9.78 Å². The molecule has 0 saturated carbocycles. The highest BCUT2D eigenvalue weighted by Crippen LogP contribution is 2.19. The van der Waals surface area contributed by atoms with Crippen molar-refractivity contribution in [3.8, 4) is 0 Å². The van der Waals surface area contributed by atoms with E-state index in [0.717, 1.165) is 16.5 Å². The first kappa shape index (κ1) is 16.4. The highest BCUT2D eigenvalue weighted by Gasteiger charge is 2.11. The number of hydrogen-bond donors (Lipinski definition) is 1. The zero-order valence-corrected chi connectivity index (χ0v) is 13.7. The Labute approximate surface area is 144 Å². The number of amides is 1. The molecule has 0 aliphatic rings. The Kier molecular flexibility index (Phi) is 5.06. The van der Waals surface area contributed by atoms with Gasteiger partial charge in [0.25, 0.3) is 0 Å². The second-order valence-electron chi connectivity index (χ2n) is 5.47. The molecule has 0 aliphatic carbocycles. The summed E-state index contributed by atoms with van der Waals surface area (Å²) in [6, 6.07) is 14.3. The van der Waals surface area contributed by atoms with E-state index in [4.69, 9.17) is 11.6 Å². The summed E-state index contributed by atoms with van der Waals surface area (Å²) in [6.07, 6.45) is 2.34. The molecule has 1 aromatic heterocycles. The van der Waals surface area contributed by atoms with E-state index in [2.05, 4.69) is 10.3 Å². The number of benzene rings is 2. The van der Waals surface area contributed by atoms with Crippen LogP contribution in [0.2, 0.25) is 5.02 Å². The van der Waals surface area contributed by atoms with Crippen LogP contribution in [0.3, 0.4) is 0 Å². The van der Waals surface area contributed by atoms with Gasteiger partial charge in [-0.2, -0.15) is 0 Å². The number of halogens is 2. The molecular formula is C19H16ClFN2O. The van der Waals surface area contributed by atoms with Gasteiger partial charge in [-0.15, -0.1) is 0 Å². The van der Waals surface area contributed by atoms with E-state index < -0.39 is 5.82 Å². The molecule has 0 atom stereocenters. The van der Waals surface area contributed by atoms with Crippen LogP contribution in [0.1, 0.15) is 11.1 Å². The third-order valence-electron chi connectivity index (χ3n) is 3.83. The number of pyridine rings is 1. The molecule has 3 rings (SSSR count). The van der Waals surface area contributed by atoms with Gasteiger partial charge in [0.1, 0.15) is 5.82 Å². The summed E-state index contributed by atoms with van der Waals surface area (Å²) in [5, 5.41) is 4.14. The van der Waals surface area contributed by atoms with E-state index in [1.54, 1.807) is 12.3 Å². The molecule has 3 nitrogen and oxygen atoms in total. The fourth-order valence-electron chi connectivity index (χ4n) is 2.63. The van der Waals surface area contributed by atoms with Crippen LogP contribution in [-0.4, -0.2) is 17.4 Å². The fraction of sp³-hybridized carbons (Fsp3) is 0.158. The van der Waals surface area contributed by atoms with Gasteiger partial charge in [-0.1, -0.05) is 41.9 Å². The Bertz CT molecular complexity index is 857. The Morgan fingerprint density at radius 2 is 1.92 bits per heavy atom. The first-order valence-corrected chi connectivity index (χ1v) is 8.05. The summed E-state index contributed by atoms with van der Waals surface area (Å²) in [4.78, 5) is 16.4. The van der Waals surface area contributed by atoms with E-state index >= 15 is 0 Å². The Morgan fingerprint density at radius 1 is 1.12 bits per heavy atom. The zero-order chi connectivity index (χ0) is 16.9. The maximum Gasteiger partial charge on any atom is 0.224 e. The third-order valence-corrected chi connectivity index (χ3v) is 4.19. The molecule has 0 bridgehead atoms. The number of nitrogens with zero attached hydrogens (tertiary/aromatic N) is 1. The summed E-state index contributed by atoms with van der Waals surface area (Å²) >= 11 is 5.94. The van der Waals surface area contributed by atoms with Crippen molar-refractivity contribution in [3.05, 3.63) is 76.7 Å². The summed E-state index contributed by atoms with van der Waals surface area (Å²) in [5.74, 6) is -0.717. The summed E-state index contributed by atoms with van der Waals surface area (Å²) in [7, 11) is 0. The van der Waals surface area contributed by atoms with E-state index in [1.807, 2.05) is 30.3 Å². The number of hydrogen-bond acceptors (Lipinski definition) is 2. The van der Waals surface area contributed by atoms with E-state index in [-0.39, 0.29) is 22.9 Å². The van der Waals surface area contributed by atoms with Crippen LogP contribution in [0.5, 0.6) is 0 Å². The predicted octanol–water partition coefficient (Wildman–Crippen LogP) is 3.93. The molecule has 2 aromatic carbocycles. The second-order valence-corrected chi connectivity index (χ2v) is 5.88. The SMILES string of the molecule is O=C(Cc1c(F)cccc1Cl)NCCc1cccc2cccnc12. The fourth-order valence-corrected chi connectivity index (χ4v) is 2.86. The van der Waals surface area contributed by atoms with Crippen molar-refractivity contribution in [3.63, 3.8) is 0 Å². The van der Waals surface area contributed by atoms with E-state index in [0.29, 0.717) is 13.0 Å². The highest BCUT2D eigenvalue weighted by atomic mass is 35.5. The Morgan fingerprint density at radius 3 is 2.75 bits per heavy atom. The molecule has 1 N–H and O–H groups in total. The lowest BCUT2D eigenvalue weighted by Crippen LogP contribution is -2.27. The van der Waals surface area contributed by atoms with Gasteiger partial charge >= 0.3 is 0 Å². The van der Waals surface area contributed by atoms with Crippen molar-refractivity contribution in [1.82, 2.24) is 10.3 Å². The first-order chi connectivity index (χ1) is 11.6. The lowest BCUT2D eigenvalue weighted by Gasteiger charge is -2.09. The van der Waals surface area contributed by atoms with E-state index in [1.165, 1.54) is 12.1 Å². The highest BCUT2D eigenvalue weighted by molar-refractivity contribution is 6.31. The summed E-state index contributed by atoms with van der Waals surface area (Å²) in [5.41, 5.74) is 2.23. The van der Waals surface area contributed by atoms with Crippen LogP contribution in [-0.2, 0) is 17.6 Å². The van der Waals surface area contributed by atoms with Gasteiger partial charge in [0.05, 0.1) is 11.9 Å². The average Bonchev–Trinajstić information content (AvgIpc) is 2.58. The van der Waals surface area contributed by atoms with Crippen molar-refractivity contribution in [2.24, 2.45) is 0 Å². The smallest absolute Gasteiger partial charge is 0.224 e. The largest absolute Gasteiger partial charge is 0.355 e. The molecule has 0 saturated heterocycles. The molecule has 0 fully saturated rings. The average molecular weight is 343 g/mol. The lowest BCUT2D eigenvalue weighted by atomic mass is 10.1. The first-order valence-electron chi connectivity index (χ1n) is 7.67. The lowest BCUT2D eigenvalue weighted by molar-refractivity contribution is -0.120. The zero-order valence-electron chi connectivity index (χ0n) is 12.9. The van der Waals surface area contributed by atoms with Crippen molar-refractivity contribution in [2.75, 3.05) is 6.54 Å². The molecule has 0 aliphatic heterocycles. The minimum absolute atomic E-state index is 0.0701. The maximum atomic E-state index is 13.7. The molecule has 1 heterocycles. The van der Waals surface area contributed by atoms with Gasteiger partial charge in [0, 0.05) is 28.7 Å². The molecule has 122 valence electrons. The minimum atomic E-state index is -0.462. The second kappa shape index (κ2) is 7.41.